The lowest BCUT2D eigenvalue weighted by Gasteiger charge is -2.48. The van der Waals surface area contributed by atoms with Crippen LogP contribution in [0.15, 0.2) is 30.4 Å². The van der Waals surface area contributed by atoms with E-state index in [1.807, 2.05) is 6.08 Å². The van der Waals surface area contributed by atoms with Crippen LogP contribution in [-0.4, -0.2) is 19.0 Å². The van der Waals surface area contributed by atoms with Gasteiger partial charge in [0.05, 0.1) is 0 Å². The number of fused-ring (bicyclic) bond motifs is 3. The van der Waals surface area contributed by atoms with Crippen LogP contribution in [0.4, 0.5) is 0 Å². The van der Waals surface area contributed by atoms with Gasteiger partial charge in [0.25, 0.3) is 0 Å². The van der Waals surface area contributed by atoms with Crippen LogP contribution in [0.2, 0.25) is 0 Å². The molecule has 0 spiro atoms. The Bertz CT molecular complexity index is 871. The Morgan fingerprint density at radius 1 is 1.26 bits per heavy atom. The first-order valence-corrected chi connectivity index (χ1v) is 11.8. The van der Waals surface area contributed by atoms with Crippen LogP contribution in [0.1, 0.15) is 88.0 Å². The molecule has 0 saturated heterocycles. The lowest BCUT2D eigenvalue weighted by Crippen LogP contribution is -2.43. The standard InChI is InChI=1S/C26H36N2O.CH5N/c1-6-16-12-19(26(4,5)27)13-18-15-25(2,3)22-11-10-17(14-21(22)23(16)18)24(29)28-20-8-7-9-20;1-2/h6,10,12-13,20-22H,1,7-9,11,14-15,27H2,2-5H3,(H,28,29);2H2,1H3. The van der Waals surface area contributed by atoms with E-state index in [0.717, 1.165) is 43.2 Å². The van der Waals surface area contributed by atoms with Crippen LogP contribution in [0.25, 0.3) is 6.08 Å². The summed E-state index contributed by atoms with van der Waals surface area (Å²) in [5.41, 5.74) is 16.9. The van der Waals surface area contributed by atoms with Crippen molar-refractivity contribution in [3.05, 3.63) is 52.6 Å². The number of benzene rings is 1. The molecule has 4 rings (SSSR count). The molecule has 4 nitrogen and oxygen atoms in total. The molecular weight excluding hydrogens is 382 g/mol. The molecule has 3 aliphatic rings. The summed E-state index contributed by atoms with van der Waals surface area (Å²) < 4.78 is 0. The summed E-state index contributed by atoms with van der Waals surface area (Å²) in [4.78, 5) is 12.9. The molecule has 4 heteroatoms. The molecule has 0 aromatic heterocycles. The molecule has 2 unspecified atom stereocenters. The number of nitrogens with two attached hydrogens (primary N) is 2. The second kappa shape index (κ2) is 8.91. The van der Waals surface area contributed by atoms with Crippen molar-refractivity contribution in [3.8, 4) is 0 Å². The van der Waals surface area contributed by atoms with Gasteiger partial charge in [-0.3, -0.25) is 4.79 Å². The van der Waals surface area contributed by atoms with E-state index in [0.29, 0.717) is 17.9 Å². The van der Waals surface area contributed by atoms with E-state index >= 15 is 0 Å². The summed E-state index contributed by atoms with van der Waals surface area (Å²) >= 11 is 0. The van der Waals surface area contributed by atoms with Crippen molar-refractivity contribution in [3.63, 3.8) is 0 Å². The molecule has 0 bridgehead atoms. The first-order chi connectivity index (χ1) is 14.6. The normalized spacial score (nSPS) is 24.4. The largest absolute Gasteiger partial charge is 0.350 e. The predicted octanol–water partition coefficient (Wildman–Crippen LogP) is 4.77. The van der Waals surface area contributed by atoms with Crippen molar-refractivity contribution in [2.24, 2.45) is 22.8 Å². The molecule has 0 aliphatic heterocycles. The van der Waals surface area contributed by atoms with E-state index in [4.69, 9.17) is 5.73 Å². The highest BCUT2D eigenvalue weighted by Crippen LogP contribution is 2.54. The molecule has 31 heavy (non-hydrogen) atoms. The zero-order valence-electron chi connectivity index (χ0n) is 20.1. The van der Waals surface area contributed by atoms with E-state index in [-0.39, 0.29) is 16.9 Å². The van der Waals surface area contributed by atoms with Crippen molar-refractivity contribution in [2.75, 3.05) is 7.05 Å². The average molecular weight is 424 g/mol. The first-order valence-electron chi connectivity index (χ1n) is 11.8. The maximum Gasteiger partial charge on any atom is 0.247 e. The second-order valence-electron chi connectivity index (χ2n) is 10.7. The maximum absolute atomic E-state index is 12.9. The average Bonchev–Trinajstić information content (AvgIpc) is 2.69. The molecule has 1 aromatic carbocycles. The molecule has 0 radical (unpaired) electrons. The van der Waals surface area contributed by atoms with Crippen LogP contribution in [0.3, 0.4) is 0 Å². The number of amides is 1. The summed E-state index contributed by atoms with van der Waals surface area (Å²) in [6.07, 6.45) is 10.5. The van der Waals surface area contributed by atoms with Gasteiger partial charge in [0.1, 0.15) is 0 Å². The van der Waals surface area contributed by atoms with Crippen molar-refractivity contribution in [1.29, 1.82) is 0 Å². The predicted molar refractivity (Wildman–Crippen MR) is 131 cm³/mol. The summed E-state index contributed by atoms with van der Waals surface area (Å²) in [5.74, 6) is 1.06. The van der Waals surface area contributed by atoms with E-state index in [2.05, 4.69) is 63.5 Å². The number of hydrogen-bond donors (Lipinski definition) is 3. The van der Waals surface area contributed by atoms with Gasteiger partial charge in [0, 0.05) is 17.2 Å². The number of allylic oxidation sites excluding steroid dienone is 1. The zero-order valence-corrected chi connectivity index (χ0v) is 20.1. The summed E-state index contributed by atoms with van der Waals surface area (Å²) in [6, 6.07) is 4.91. The molecule has 3 aliphatic carbocycles. The highest BCUT2D eigenvalue weighted by Gasteiger charge is 2.44. The van der Waals surface area contributed by atoms with Gasteiger partial charge in [0.2, 0.25) is 5.91 Å². The number of carbonyl (C=O) groups excluding carboxylic acids is 1. The number of carbonyl (C=O) groups is 1. The summed E-state index contributed by atoms with van der Waals surface area (Å²) in [7, 11) is 1.50. The van der Waals surface area contributed by atoms with Crippen LogP contribution < -0.4 is 16.8 Å². The number of hydrogen-bond acceptors (Lipinski definition) is 3. The van der Waals surface area contributed by atoms with Gasteiger partial charge < -0.3 is 16.8 Å². The molecular formula is C27H41N3O. The zero-order chi connectivity index (χ0) is 23.0. The fraction of sp³-hybridized carbons (Fsp3) is 0.593. The first kappa shape index (κ1) is 23.7. The van der Waals surface area contributed by atoms with Crippen molar-refractivity contribution >= 4 is 12.0 Å². The van der Waals surface area contributed by atoms with Crippen LogP contribution in [0.5, 0.6) is 0 Å². The lowest BCUT2D eigenvalue weighted by atomic mass is 9.56. The van der Waals surface area contributed by atoms with E-state index < -0.39 is 0 Å². The molecule has 5 N–H and O–H groups in total. The molecule has 1 saturated carbocycles. The van der Waals surface area contributed by atoms with Gasteiger partial charge in [-0.25, -0.2) is 0 Å². The number of rotatable bonds is 4. The third kappa shape index (κ3) is 4.65. The third-order valence-corrected chi connectivity index (χ3v) is 7.56. The molecule has 2 atom stereocenters. The van der Waals surface area contributed by atoms with Crippen LogP contribution in [0, 0.1) is 11.3 Å². The minimum atomic E-state index is -0.381. The van der Waals surface area contributed by atoms with E-state index in [1.54, 1.807) is 0 Å². The van der Waals surface area contributed by atoms with Crippen molar-refractivity contribution < 1.29 is 4.79 Å². The van der Waals surface area contributed by atoms with Gasteiger partial charge in [-0.2, -0.15) is 0 Å². The van der Waals surface area contributed by atoms with Gasteiger partial charge >= 0.3 is 0 Å². The molecule has 1 amide bonds. The Balaban J connectivity index is 0.00000132. The Labute approximate surface area is 188 Å². The quantitative estimate of drug-likeness (QED) is 0.652. The summed E-state index contributed by atoms with van der Waals surface area (Å²) in [5, 5.41) is 3.24. The summed E-state index contributed by atoms with van der Waals surface area (Å²) in [6.45, 7) is 13.0. The van der Waals surface area contributed by atoms with Crippen LogP contribution in [-0.2, 0) is 16.8 Å². The second-order valence-corrected chi connectivity index (χ2v) is 10.7. The molecule has 170 valence electrons. The molecule has 1 fully saturated rings. The Kier molecular flexibility index (Phi) is 6.83. The molecule has 1 aromatic rings. The van der Waals surface area contributed by atoms with Gasteiger partial charge in [-0.1, -0.05) is 38.6 Å². The minimum absolute atomic E-state index is 0.151. The SMILES string of the molecule is C=Cc1cc(C(C)(C)N)cc2c1C1CC(C(=O)NC3CCC3)=CCC1C(C)(C)C2.CN. The van der Waals surface area contributed by atoms with Gasteiger partial charge in [-0.15, -0.1) is 0 Å². The fourth-order valence-electron chi connectivity index (χ4n) is 5.58. The third-order valence-electron chi connectivity index (χ3n) is 7.56. The Morgan fingerprint density at radius 2 is 1.94 bits per heavy atom. The smallest absolute Gasteiger partial charge is 0.247 e. The van der Waals surface area contributed by atoms with Crippen molar-refractivity contribution in [1.82, 2.24) is 5.32 Å². The van der Waals surface area contributed by atoms with E-state index in [9.17, 15) is 4.79 Å². The van der Waals surface area contributed by atoms with Gasteiger partial charge in [0.15, 0.2) is 0 Å². The lowest BCUT2D eigenvalue weighted by molar-refractivity contribution is -0.119. The Morgan fingerprint density at radius 3 is 2.48 bits per heavy atom. The maximum atomic E-state index is 12.9. The minimum Gasteiger partial charge on any atom is -0.350 e. The molecule has 0 heterocycles. The monoisotopic (exact) mass is 423 g/mol. The fourth-order valence-corrected chi connectivity index (χ4v) is 5.58. The van der Waals surface area contributed by atoms with Crippen LogP contribution >= 0.6 is 0 Å². The van der Waals surface area contributed by atoms with Gasteiger partial charge in [-0.05, 0) is 105 Å². The highest BCUT2D eigenvalue weighted by atomic mass is 16.1. The highest BCUT2D eigenvalue weighted by molar-refractivity contribution is 5.94. The topological polar surface area (TPSA) is 81.1 Å². The Hall–Kier alpha value is -1.91. The number of nitrogens with one attached hydrogen (secondary N) is 1. The van der Waals surface area contributed by atoms with Crippen molar-refractivity contribution in [2.45, 2.75) is 83.7 Å². The van der Waals surface area contributed by atoms with E-state index in [1.165, 1.54) is 30.2 Å².